The van der Waals surface area contributed by atoms with Gasteiger partial charge in [-0.1, -0.05) is 11.6 Å². The summed E-state index contributed by atoms with van der Waals surface area (Å²) in [6, 6.07) is 5.84. The largest absolute Gasteiger partial charge is 0.384 e. The fraction of sp³-hybridized carbons (Fsp3) is 0.182. The number of amidine groups is 1. The Kier molecular flexibility index (Phi) is 3.14. The Hall–Kier alpha value is -1.82. The van der Waals surface area contributed by atoms with E-state index in [2.05, 4.69) is 10.2 Å². The van der Waals surface area contributed by atoms with Crippen molar-refractivity contribution in [2.45, 2.75) is 17.0 Å². The first-order valence-corrected chi connectivity index (χ1v) is 5.86. The van der Waals surface area contributed by atoms with Gasteiger partial charge in [0.05, 0.1) is 0 Å². The molecule has 0 unspecified atom stereocenters. The zero-order valence-corrected chi connectivity index (χ0v) is 10.5. The van der Waals surface area contributed by atoms with Crippen molar-refractivity contribution in [2.75, 3.05) is 0 Å². The lowest BCUT2D eigenvalue weighted by Gasteiger charge is -2.08. The first-order valence-electron chi connectivity index (χ1n) is 5.05. The topological polar surface area (TPSA) is 80.6 Å². The third-order valence-corrected chi connectivity index (χ3v) is 3.42. The molecule has 1 heterocycles. The van der Waals surface area contributed by atoms with Crippen LogP contribution in [-0.2, 0) is 7.05 Å². The molecule has 0 aliphatic carbocycles. The maximum absolute atomic E-state index is 7.58. The second-order valence-corrected chi connectivity index (χ2v) is 4.75. The second kappa shape index (κ2) is 4.58. The SMILES string of the molecule is Cc1ccc(Sc2nncn2C)c(C(=N)N)c1. The standard InChI is InChI=1S/C11H13N5S/c1-7-3-4-9(8(5-7)10(12)13)17-11-15-14-6-16(11)2/h3-6H,1-2H3,(H3,12,13). The van der Waals surface area contributed by atoms with Crippen LogP contribution in [0.5, 0.6) is 0 Å². The molecule has 1 aromatic carbocycles. The van der Waals surface area contributed by atoms with Crippen LogP contribution in [0.25, 0.3) is 0 Å². The van der Waals surface area contributed by atoms with Crippen molar-refractivity contribution in [3.05, 3.63) is 35.7 Å². The molecule has 0 saturated carbocycles. The van der Waals surface area contributed by atoms with Gasteiger partial charge in [0, 0.05) is 17.5 Å². The molecule has 88 valence electrons. The molecular formula is C11H13N5S. The zero-order chi connectivity index (χ0) is 12.4. The van der Waals surface area contributed by atoms with Gasteiger partial charge in [-0.15, -0.1) is 10.2 Å². The molecule has 0 aliphatic heterocycles. The third-order valence-electron chi connectivity index (χ3n) is 2.30. The molecule has 0 fully saturated rings. The molecule has 3 N–H and O–H groups in total. The van der Waals surface area contributed by atoms with Crippen LogP contribution in [0.2, 0.25) is 0 Å². The monoisotopic (exact) mass is 247 g/mol. The van der Waals surface area contributed by atoms with E-state index >= 15 is 0 Å². The first-order chi connectivity index (χ1) is 8.08. The molecule has 0 bridgehead atoms. The van der Waals surface area contributed by atoms with Crippen LogP contribution < -0.4 is 5.73 Å². The molecule has 1 aromatic heterocycles. The van der Waals surface area contributed by atoms with E-state index in [-0.39, 0.29) is 5.84 Å². The number of nitrogen functional groups attached to an aromatic ring is 1. The summed E-state index contributed by atoms with van der Waals surface area (Å²) < 4.78 is 1.83. The van der Waals surface area contributed by atoms with E-state index in [4.69, 9.17) is 11.1 Å². The van der Waals surface area contributed by atoms with Crippen molar-refractivity contribution in [2.24, 2.45) is 12.8 Å². The van der Waals surface area contributed by atoms with Crippen molar-refractivity contribution >= 4 is 17.6 Å². The highest BCUT2D eigenvalue weighted by Gasteiger charge is 2.10. The van der Waals surface area contributed by atoms with Crippen LogP contribution in [0.3, 0.4) is 0 Å². The maximum Gasteiger partial charge on any atom is 0.195 e. The number of aromatic nitrogens is 3. The van der Waals surface area contributed by atoms with E-state index in [1.54, 1.807) is 6.33 Å². The summed E-state index contributed by atoms with van der Waals surface area (Å²) in [5.41, 5.74) is 7.39. The van der Waals surface area contributed by atoms with Gasteiger partial charge >= 0.3 is 0 Å². The summed E-state index contributed by atoms with van der Waals surface area (Å²) in [4.78, 5) is 0.916. The normalized spacial score (nSPS) is 10.5. The van der Waals surface area contributed by atoms with Crippen molar-refractivity contribution in [3.63, 3.8) is 0 Å². The Labute approximate surface area is 104 Å². The smallest absolute Gasteiger partial charge is 0.195 e. The number of benzene rings is 1. The minimum Gasteiger partial charge on any atom is -0.384 e. The van der Waals surface area contributed by atoms with Gasteiger partial charge in [0.2, 0.25) is 0 Å². The van der Waals surface area contributed by atoms with Crippen molar-refractivity contribution in [1.29, 1.82) is 5.41 Å². The van der Waals surface area contributed by atoms with Gasteiger partial charge in [-0.25, -0.2) is 0 Å². The van der Waals surface area contributed by atoms with E-state index in [1.807, 2.05) is 36.7 Å². The van der Waals surface area contributed by atoms with Crippen molar-refractivity contribution < 1.29 is 0 Å². The Morgan fingerprint density at radius 2 is 2.24 bits per heavy atom. The second-order valence-electron chi connectivity index (χ2n) is 3.74. The Bertz CT molecular complexity index is 561. The van der Waals surface area contributed by atoms with E-state index in [9.17, 15) is 0 Å². The predicted octanol–water partition coefficient (Wildman–Crippen LogP) is 1.56. The lowest BCUT2D eigenvalue weighted by Crippen LogP contribution is -2.12. The molecule has 0 aliphatic rings. The molecule has 2 rings (SSSR count). The predicted molar refractivity (Wildman–Crippen MR) is 67.3 cm³/mol. The molecular weight excluding hydrogens is 234 g/mol. The molecule has 6 heteroatoms. The minimum atomic E-state index is 0.0679. The number of hydrogen-bond acceptors (Lipinski definition) is 4. The third kappa shape index (κ3) is 2.47. The van der Waals surface area contributed by atoms with Gasteiger partial charge < -0.3 is 10.3 Å². The quantitative estimate of drug-likeness (QED) is 0.637. The van der Waals surface area contributed by atoms with Gasteiger partial charge in [-0.05, 0) is 30.8 Å². The van der Waals surface area contributed by atoms with Crippen LogP contribution in [0.4, 0.5) is 0 Å². The molecule has 17 heavy (non-hydrogen) atoms. The summed E-state index contributed by atoms with van der Waals surface area (Å²) in [6.45, 7) is 1.98. The van der Waals surface area contributed by atoms with E-state index < -0.39 is 0 Å². The average molecular weight is 247 g/mol. The molecule has 0 saturated heterocycles. The number of nitrogens with one attached hydrogen (secondary N) is 1. The molecule has 2 aromatic rings. The lowest BCUT2D eigenvalue weighted by molar-refractivity contribution is 0.788. The summed E-state index contributed by atoms with van der Waals surface area (Å²) in [7, 11) is 1.88. The van der Waals surface area contributed by atoms with Gasteiger partial charge in [0.15, 0.2) is 5.16 Å². The van der Waals surface area contributed by atoms with E-state index in [0.717, 1.165) is 21.2 Å². The van der Waals surface area contributed by atoms with Crippen LogP contribution in [0.1, 0.15) is 11.1 Å². The number of hydrogen-bond donors (Lipinski definition) is 2. The highest BCUT2D eigenvalue weighted by atomic mass is 32.2. The van der Waals surface area contributed by atoms with Crippen LogP contribution in [0, 0.1) is 12.3 Å². The van der Waals surface area contributed by atoms with E-state index in [0.29, 0.717) is 0 Å². The van der Waals surface area contributed by atoms with Gasteiger partial charge in [0.25, 0.3) is 0 Å². The van der Waals surface area contributed by atoms with Gasteiger partial charge in [-0.3, -0.25) is 5.41 Å². The highest BCUT2D eigenvalue weighted by Crippen LogP contribution is 2.28. The van der Waals surface area contributed by atoms with Crippen molar-refractivity contribution in [3.8, 4) is 0 Å². The van der Waals surface area contributed by atoms with Gasteiger partial charge in [-0.2, -0.15) is 0 Å². The van der Waals surface area contributed by atoms with Crippen LogP contribution in [-0.4, -0.2) is 20.6 Å². The molecule has 0 atom stereocenters. The maximum atomic E-state index is 7.58. The highest BCUT2D eigenvalue weighted by molar-refractivity contribution is 7.99. The summed E-state index contributed by atoms with van der Waals surface area (Å²) in [5, 5.41) is 16.2. The number of nitrogens with zero attached hydrogens (tertiary/aromatic N) is 3. The fourth-order valence-corrected chi connectivity index (χ4v) is 2.30. The Morgan fingerprint density at radius 3 is 2.82 bits per heavy atom. The fourth-order valence-electron chi connectivity index (χ4n) is 1.41. The summed E-state index contributed by atoms with van der Waals surface area (Å²) >= 11 is 1.45. The van der Waals surface area contributed by atoms with Crippen LogP contribution in [0.15, 0.2) is 34.6 Å². The molecule has 5 nitrogen and oxygen atoms in total. The van der Waals surface area contributed by atoms with E-state index in [1.165, 1.54) is 11.8 Å². The average Bonchev–Trinajstić information content (AvgIpc) is 2.67. The molecule has 0 radical (unpaired) electrons. The number of aryl methyl sites for hydroxylation is 2. The summed E-state index contributed by atoms with van der Waals surface area (Å²) in [6.07, 6.45) is 1.64. The lowest BCUT2D eigenvalue weighted by atomic mass is 10.1. The van der Waals surface area contributed by atoms with Crippen LogP contribution >= 0.6 is 11.8 Å². The minimum absolute atomic E-state index is 0.0679. The first kappa shape index (κ1) is 11.7. The zero-order valence-electron chi connectivity index (χ0n) is 9.64. The van der Waals surface area contributed by atoms with Gasteiger partial charge in [0.1, 0.15) is 12.2 Å². The summed E-state index contributed by atoms with van der Waals surface area (Å²) in [5.74, 6) is 0.0679. The Morgan fingerprint density at radius 1 is 1.47 bits per heavy atom. The molecule has 0 amide bonds. The van der Waals surface area contributed by atoms with Crippen molar-refractivity contribution in [1.82, 2.24) is 14.8 Å². The molecule has 0 spiro atoms. The number of nitrogens with two attached hydrogens (primary N) is 1. The Balaban J connectivity index is 2.39. The number of rotatable bonds is 3.